The van der Waals surface area contributed by atoms with E-state index in [0.29, 0.717) is 23.3 Å². The standard InChI is InChI=1S/C19H15NO7/c21-8-13-3-1-2-4-16(13)26-11-19(24)27-9-15(22)12-5-6-17-14(7-12)20-18(23)10-25-17/h1-8H,9-11H2,(H,20,23). The van der Waals surface area contributed by atoms with Gasteiger partial charge in [0.15, 0.2) is 31.9 Å². The van der Waals surface area contributed by atoms with Gasteiger partial charge in [-0.25, -0.2) is 4.79 Å². The number of nitrogens with one attached hydrogen (secondary N) is 1. The fourth-order valence-electron chi connectivity index (χ4n) is 2.37. The monoisotopic (exact) mass is 369 g/mol. The van der Waals surface area contributed by atoms with Crippen molar-refractivity contribution in [2.75, 3.05) is 25.1 Å². The van der Waals surface area contributed by atoms with Gasteiger partial charge in [0.2, 0.25) is 0 Å². The van der Waals surface area contributed by atoms with E-state index in [9.17, 15) is 19.2 Å². The molecule has 0 fully saturated rings. The molecule has 8 heteroatoms. The second kappa shape index (κ2) is 8.13. The highest BCUT2D eigenvalue weighted by atomic mass is 16.6. The Kier molecular flexibility index (Phi) is 5.46. The molecule has 1 N–H and O–H groups in total. The zero-order valence-electron chi connectivity index (χ0n) is 14.1. The third-order valence-electron chi connectivity index (χ3n) is 3.69. The first-order chi connectivity index (χ1) is 13.1. The van der Waals surface area contributed by atoms with Crippen LogP contribution in [0.15, 0.2) is 42.5 Å². The van der Waals surface area contributed by atoms with Crippen molar-refractivity contribution in [1.82, 2.24) is 0 Å². The summed E-state index contributed by atoms with van der Waals surface area (Å²) in [4.78, 5) is 46.2. The van der Waals surface area contributed by atoms with Gasteiger partial charge in [-0.1, -0.05) is 12.1 Å². The number of anilines is 1. The number of esters is 1. The number of aldehydes is 1. The second-order valence-electron chi connectivity index (χ2n) is 5.58. The van der Waals surface area contributed by atoms with Gasteiger partial charge in [-0.05, 0) is 30.3 Å². The van der Waals surface area contributed by atoms with Gasteiger partial charge in [0.25, 0.3) is 5.91 Å². The summed E-state index contributed by atoms with van der Waals surface area (Å²) in [6.07, 6.45) is 0.614. The number of hydrogen-bond acceptors (Lipinski definition) is 7. The number of ether oxygens (including phenoxy) is 3. The zero-order chi connectivity index (χ0) is 19.2. The third kappa shape index (κ3) is 4.49. The number of Topliss-reactive ketones (excluding diaryl/α,β-unsaturated/α-hetero) is 1. The van der Waals surface area contributed by atoms with Crippen LogP contribution in [0, 0.1) is 0 Å². The number of benzene rings is 2. The number of carbonyl (C=O) groups excluding carboxylic acids is 4. The molecule has 0 saturated carbocycles. The first kappa shape index (κ1) is 18.1. The normalized spacial score (nSPS) is 12.2. The van der Waals surface area contributed by atoms with Gasteiger partial charge < -0.3 is 19.5 Å². The molecule has 0 aromatic heterocycles. The molecule has 0 bridgehead atoms. The first-order valence-electron chi connectivity index (χ1n) is 7.99. The molecular weight excluding hydrogens is 354 g/mol. The number of amides is 1. The van der Waals surface area contributed by atoms with Crippen molar-refractivity contribution in [2.45, 2.75) is 0 Å². The Morgan fingerprint density at radius 2 is 1.96 bits per heavy atom. The van der Waals surface area contributed by atoms with Crippen molar-refractivity contribution >= 4 is 29.6 Å². The lowest BCUT2D eigenvalue weighted by molar-refractivity contribution is -0.144. The first-order valence-corrected chi connectivity index (χ1v) is 7.99. The van der Waals surface area contributed by atoms with Crippen molar-refractivity contribution in [3.63, 3.8) is 0 Å². The quantitative estimate of drug-likeness (QED) is 0.449. The van der Waals surface area contributed by atoms with Gasteiger partial charge >= 0.3 is 5.97 Å². The summed E-state index contributed by atoms with van der Waals surface area (Å²) in [5, 5.41) is 2.60. The number of rotatable bonds is 7. The van der Waals surface area contributed by atoms with Crippen LogP contribution in [0.3, 0.4) is 0 Å². The molecule has 3 rings (SSSR count). The zero-order valence-corrected chi connectivity index (χ0v) is 14.1. The van der Waals surface area contributed by atoms with E-state index in [2.05, 4.69) is 5.32 Å². The summed E-state index contributed by atoms with van der Waals surface area (Å²) in [7, 11) is 0. The van der Waals surface area contributed by atoms with E-state index in [0.717, 1.165) is 0 Å². The Bertz CT molecular complexity index is 907. The van der Waals surface area contributed by atoms with Crippen molar-refractivity contribution in [3.8, 4) is 11.5 Å². The molecule has 8 nitrogen and oxygen atoms in total. The predicted octanol–water partition coefficient (Wildman–Crippen LogP) is 1.63. The van der Waals surface area contributed by atoms with E-state index in [1.54, 1.807) is 30.3 Å². The minimum absolute atomic E-state index is 0.0782. The lowest BCUT2D eigenvalue weighted by atomic mass is 10.1. The molecule has 2 aromatic rings. The second-order valence-corrected chi connectivity index (χ2v) is 5.58. The van der Waals surface area contributed by atoms with Crippen LogP contribution in [0.25, 0.3) is 0 Å². The summed E-state index contributed by atoms with van der Waals surface area (Å²) >= 11 is 0. The Morgan fingerprint density at radius 3 is 2.78 bits per heavy atom. The van der Waals surface area contributed by atoms with Gasteiger partial charge in [-0.2, -0.15) is 0 Å². The lowest BCUT2D eigenvalue weighted by Gasteiger charge is -2.18. The van der Waals surface area contributed by atoms with Crippen LogP contribution in [-0.4, -0.2) is 43.8 Å². The molecule has 0 aliphatic carbocycles. The van der Waals surface area contributed by atoms with E-state index in [1.807, 2.05) is 0 Å². The maximum absolute atomic E-state index is 12.2. The third-order valence-corrected chi connectivity index (χ3v) is 3.69. The summed E-state index contributed by atoms with van der Waals surface area (Å²) in [6.45, 7) is -0.998. The Balaban J connectivity index is 1.53. The van der Waals surface area contributed by atoms with E-state index in [1.165, 1.54) is 12.1 Å². The highest BCUT2D eigenvalue weighted by Gasteiger charge is 2.18. The van der Waals surface area contributed by atoms with Crippen LogP contribution in [0.1, 0.15) is 20.7 Å². The van der Waals surface area contributed by atoms with Gasteiger partial charge in [0.1, 0.15) is 11.5 Å². The number of ketones is 1. The molecule has 1 amide bonds. The van der Waals surface area contributed by atoms with Gasteiger partial charge in [0, 0.05) is 5.56 Å². The van der Waals surface area contributed by atoms with Gasteiger partial charge in [-0.3, -0.25) is 14.4 Å². The molecule has 1 heterocycles. The Hall–Kier alpha value is -3.68. The number of hydrogen-bond donors (Lipinski definition) is 1. The van der Waals surface area contributed by atoms with Crippen LogP contribution < -0.4 is 14.8 Å². The van der Waals surface area contributed by atoms with Crippen molar-refractivity contribution in [1.29, 1.82) is 0 Å². The molecule has 138 valence electrons. The van der Waals surface area contributed by atoms with Crippen molar-refractivity contribution in [2.24, 2.45) is 0 Å². The van der Waals surface area contributed by atoms with Crippen LogP contribution in [0.5, 0.6) is 11.5 Å². The van der Waals surface area contributed by atoms with Crippen molar-refractivity contribution in [3.05, 3.63) is 53.6 Å². The maximum atomic E-state index is 12.2. The maximum Gasteiger partial charge on any atom is 0.344 e. The molecule has 0 atom stereocenters. The van der Waals surface area contributed by atoms with Gasteiger partial charge in [0.05, 0.1) is 11.3 Å². The van der Waals surface area contributed by atoms with Crippen LogP contribution in [-0.2, 0) is 14.3 Å². The summed E-state index contributed by atoms with van der Waals surface area (Å²) < 4.78 is 15.3. The minimum atomic E-state index is -0.751. The fourth-order valence-corrected chi connectivity index (χ4v) is 2.37. The van der Waals surface area contributed by atoms with Crippen LogP contribution in [0.2, 0.25) is 0 Å². The average Bonchev–Trinajstić information content (AvgIpc) is 2.70. The largest absolute Gasteiger partial charge is 0.482 e. The number of para-hydroxylation sites is 1. The van der Waals surface area contributed by atoms with Crippen LogP contribution in [0.4, 0.5) is 5.69 Å². The molecular formula is C19H15NO7. The predicted molar refractivity (Wildman–Crippen MR) is 93.2 cm³/mol. The Labute approximate surface area is 154 Å². The van der Waals surface area contributed by atoms with E-state index < -0.39 is 25.0 Å². The molecule has 0 saturated heterocycles. The minimum Gasteiger partial charge on any atom is -0.482 e. The summed E-state index contributed by atoms with van der Waals surface area (Å²) in [6, 6.07) is 11.0. The molecule has 0 spiro atoms. The smallest absolute Gasteiger partial charge is 0.344 e. The SMILES string of the molecule is O=Cc1ccccc1OCC(=O)OCC(=O)c1ccc2c(c1)NC(=O)CO2. The molecule has 0 unspecified atom stereocenters. The Morgan fingerprint density at radius 1 is 1.15 bits per heavy atom. The van der Waals surface area contributed by atoms with Crippen molar-refractivity contribution < 1.29 is 33.4 Å². The lowest BCUT2D eigenvalue weighted by Crippen LogP contribution is -2.25. The summed E-state index contributed by atoms with van der Waals surface area (Å²) in [5.74, 6) is -0.796. The summed E-state index contributed by atoms with van der Waals surface area (Å²) in [5.41, 5.74) is 0.955. The number of carbonyl (C=O) groups is 4. The fraction of sp³-hybridized carbons (Fsp3) is 0.158. The molecule has 1 aliphatic rings. The molecule has 27 heavy (non-hydrogen) atoms. The van der Waals surface area contributed by atoms with Crippen LogP contribution >= 0.6 is 0 Å². The van der Waals surface area contributed by atoms with E-state index in [-0.39, 0.29) is 23.8 Å². The highest BCUT2D eigenvalue weighted by Crippen LogP contribution is 2.28. The number of fused-ring (bicyclic) bond motifs is 1. The van der Waals surface area contributed by atoms with E-state index >= 15 is 0 Å². The van der Waals surface area contributed by atoms with Gasteiger partial charge in [-0.15, -0.1) is 0 Å². The highest BCUT2D eigenvalue weighted by molar-refractivity contribution is 6.01. The topological polar surface area (TPSA) is 108 Å². The van der Waals surface area contributed by atoms with E-state index in [4.69, 9.17) is 14.2 Å². The average molecular weight is 369 g/mol. The molecule has 1 aliphatic heterocycles. The molecule has 0 radical (unpaired) electrons. The molecule has 2 aromatic carbocycles.